The van der Waals surface area contributed by atoms with Crippen LogP contribution in [-0.4, -0.2) is 49.5 Å². The van der Waals surface area contributed by atoms with Crippen LogP contribution in [-0.2, 0) is 11.3 Å². The zero-order valence-electron chi connectivity index (χ0n) is 15.4. The van der Waals surface area contributed by atoms with Gasteiger partial charge >= 0.3 is 0 Å². The standard InChI is InChI=1S/C21H29NO3/c1-17-8-10-19(11-9-17)14-22(12-13-24-3)15-20(23)16-25-21-7-5-4-6-18(21)2/h4-11,20,23H,12-16H2,1-3H3. The molecule has 1 atom stereocenters. The fourth-order valence-corrected chi connectivity index (χ4v) is 2.66. The molecule has 0 aromatic heterocycles. The first-order valence-electron chi connectivity index (χ1n) is 8.72. The summed E-state index contributed by atoms with van der Waals surface area (Å²) in [5.41, 5.74) is 3.55. The molecule has 4 heteroatoms. The Hall–Kier alpha value is -1.88. The molecule has 0 fully saturated rings. The SMILES string of the molecule is COCCN(Cc1ccc(C)cc1)CC(O)COc1ccccc1C. The lowest BCUT2D eigenvalue weighted by Gasteiger charge is -2.25. The number of aliphatic hydroxyl groups excluding tert-OH is 1. The van der Waals surface area contributed by atoms with Gasteiger partial charge in [0.1, 0.15) is 18.5 Å². The maximum atomic E-state index is 10.4. The van der Waals surface area contributed by atoms with Crippen molar-refractivity contribution in [1.29, 1.82) is 0 Å². The van der Waals surface area contributed by atoms with Crippen molar-refractivity contribution in [2.24, 2.45) is 0 Å². The molecule has 0 saturated carbocycles. The van der Waals surface area contributed by atoms with E-state index in [9.17, 15) is 5.11 Å². The number of methoxy groups -OCH3 is 1. The zero-order valence-corrected chi connectivity index (χ0v) is 15.4. The van der Waals surface area contributed by atoms with Gasteiger partial charge in [-0.3, -0.25) is 4.90 Å². The Kier molecular flexibility index (Phi) is 7.92. The fourth-order valence-electron chi connectivity index (χ4n) is 2.66. The molecule has 25 heavy (non-hydrogen) atoms. The van der Waals surface area contributed by atoms with E-state index < -0.39 is 6.10 Å². The van der Waals surface area contributed by atoms with Gasteiger partial charge in [0, 0.05) is 26.7 Å². The summed E-state index contributed by atoms with van der Waals surface area (Å²) in [4.78, 5) is 2.19. The van der Waals surface area contributed by atoms with Crippen LogP contribution >= 0.6 is 0 Å². The monoisotopic (exact) mass is 343 g/mol. The van der Waals surface area contributed by atoms with Gasteiger partial charge in [0.2, 0.25) is 0 Å². The Morgan fingerprint density at radius 1 is 1.04 bits per heavy atom. The van der Waals surface area contributed by atoms with Crippen LogP contribution in [0, 0.1) is 13.8 Å². The van der Waals surface area contributed by atoms with Crippen molar-refractivity contribution in [3.63, 3.8) is 0 Å². The molecular weight excluding hydrogens is 314 g/mol. The third-order valence-electron chi connectivity index (χ3n) is 4.13. The highest BCUT2D eigenvalue weighted by molar-refractivity contribution is 5.31. The topological polar surface area (TPSA) is 41.9 Å². The molecule has 2 rings (SSSR count). The summed E-state index contributed by atoms with van der Waals surface area (Å²) in [6, 6.07) is 16.3. The van der Waals surface area contributed by atoms with Gasteiger partial charge in [-0.25, -0.2) is 0 Å². The molecule has 0 aliphatic carbocycles. The molecule has 0 heterocycles. The average molecular weight is 343 g/mol. The van der Waals surface area contributed by atoms with Gasteiger partial charge in [0.15, 0.2) is 0 Å². The molecule has 0 amide bonds. The zero-order chi connectivity index (χ0) is 18.1. The lowest BCUT2D eigenvalue weighted by Crippen LogP contribution is -2.37. The van der Waals surface area contributed by atoms with Gasteiger partial charge in [-0.05, 0) is 31.0 Å². The minimum atomic E-state index is -0.554. The Morgan fingerprint density at radius 2 is 1.76 bits per heavy atom. The first kappa shape index (κ1) is 19.4. The second-order valence-electron chi connectivity index (χ2n) is 6.44. The number of hydrogen-bond donors (Lipinski definition) is 1. The van der Waals surface area contributed by atoms with E-state index in [0.29, 0.717) is 13.2 Å². The predicted octanol–water partition coefficient (Wildman–Crippen LogP) is 3.19. The highest BCUT2D eigenvalue weighted by Crippen LogP contribution is 2.16. The first-order valence-corrected chi connectivity index (χ1v) is 8.72. The van der Waals surface area contributed by atoms with Crippen LogP contribution in [0.15, 0.2) is 48.5 Å². The Labute approximate surface area is 151 Å². The van der Waals surface area contributed by atoms with Crippen molar-refractivity contribution < 1.29 is 14.6 Å². The molecule has 0 aliphatic heterocycles. The number of ether oxygens (including phenoxy) is 2. The molecule has 0 bridgehead atoms. The van der Waals surface area contributed by atoms with Crippen LogP contribution in [0.3, 0.4) is 0 Å². The molecule has 4 nitrogen and oxygen atoms in total. The lowest BCUT2D eigenvalue weighted by molar-refractivity contribution is 0.0540. The summed E-state index contributed by atoms with van der Waals surface area (Å²) >= 11 is 0. The lowest BCUT2D eigenvalue weighted by atomic mass is 10.1. The number of hydrogen-bond acceptors (Lipinski definition) is 4. The molecule has 2 aromatic rings. The minimum Gasteiger partial charge on any atom is -0.491 e. The van der Waals surface area contributed by atoms with Crippen molar-refractivity contribution in [1.82, 2.24) is 4.90 Å². The second-order valence-corrected chi connectivity index (χ2v) is 6.44. The fraction of sp³-hybridized carbons (Fsp3) is 0.429. The van der Waals surface area contributed by atoms with E-state index in [4.69, 9.17) is 9.47 Å². The summed E-state index contributed by atoms with van der Waals surface area (Å²) < 4.78 is 11.0. The van der Waals surface area contributed by atoms with Crippen molar-refractivity contribution in [3.05, 3.63) is 65.2 Å². The number of rotatable bonds is 10. The largest absolute Gasteiger partial charge is 0.491 e. The van der Waals surface area contributed by atoms with E-state index in [1.54, 1.807) is 7.11 Å². The summed E-state index contributed by atoms with van der Waals surface area (Å²) in [5.74, 6) is 0.823. The van der Waals surface area contributed by atoms with Gasteiger partial charge in [0.05, 0.1) is 6.61 Å². The number of aryl methyl sites for hydroxylation is 2. The highest BCUT2D eigenvalue weighted by Gasteiger charge is 2.13. The Morgan fingerprint density at radius 3 is 2.44 bits per heavy atom. The maximum Gasteiger partial charge on any atom is 0.122 e. The third-order valence-corrected chi connectivity index (χ3v) is 4.13. The smallest absolute Gasteiger partial charge is 0.122 e. The van der Waals surface area contributed by atoms with Crippen LogP contribution in [0.5, 0.6) is 5.75 Å². The number of aliphatic hydroxyl groups is 1. The van der Waals surface area contributed by atoms with E-state index in [2.05, 4.69) is 36.1 Å². The van der Waals surface area contributed by atoms with Crippen LogP contribution in [0.1, 0.15) is 16.7 Å². The van der Waals surface area contributed by atoms with Crippen molar-refractivity contribution in [2.45, 2.75) is 26.5 Å². The van der Waals surface area contributed by atoms with Crippen LogP contribution < -0.4 is 4.74 Å². The van der Waals surface area contributed by atoms with E-state index in [1.807, 2.05) is 31.2 Å². The van der Waals surface area contributed by atoms with Crippen LogP contribution in [0.25, 0.3) is 0 Å². The van der Waals surface area contributed by atoms with Gasteiger partial charge in [-0.1, -0.05) is 48.0 Å². The summed E-state index contributed by atoms with van der Waals surface area (Å²) in [6.45, 7) is 7.10. The number of para-hydroxylation sites is 1. The van der Waals surface area contributed by atoms with Gasteiger partial charge in [0.25, 0.3) is 0 Å². The molecule has 0 aliphatic rings. The predicted molar refractivity (Wildman–Crippen MR) is 101 cm³/mol. The molecule has 0 radical (unpaired) electrons. The maximum absolute atomic E-state index is 10.4. The first-order chi connectivity index (χ1) is 12.1. The van der Waals surface area contributed by atoms with Gasteiger partial charge in [-0.15, -0.1) is 0 Å². The minimum absolute atomic E-state index is 0.280. The number of benzene rings is 2. The summed E-state index contributed by atoms with van der Waals surface area (Å²) in [7, 11) is 1.70. The van der Waals surface area contributed by atoms with Gasteiger partial charge in [-0.2, -0.15) is 0 Å². The van der Waals surface area contributed by atoms with E-state index in [-0.39, 0.29) is 6.61 Å². The quantitative estimate of drug-likeness (QED) is 0.719. The molecule has 1 unspecified atom stereocenters. The Balaban J connectivity index is 1.88. The Bertz CT molecular complexity index is 627. The summed E-state index contributed by atoms with van der Waals surface area (Å²) in [5, 5.41) is 10.4. The molecular formula is C21H29NO3. The van der Waals surface area contributed by atoms with Crippen LogP contribution in [0.2, 0.25) is 0 Å². The average Bonchev–Trinajstić information content (AvgIpc) is 2.61. The molecule has 1 N–H and O–H groups in total. The summed E-state index contributed by atoms with van der Waals surface area (Å²) in [6.07, 6.45) is -0.554. The molecule has 0 spiro atoms. The van der Waals surface area contributed by atoms with E-state index in [0.717, 1.165) is 24.4 Å². The molecule has 0 saturated heterocycles. The highest BCUT2D eigenvalue weighted by atomic mass is 16.5. The molecule has 136 valence electrons. The van der Waals surface area contributed by atoms with E-state index >= 15 is 0 Å². The van der Waals surface area contributed by atoms with Gasteiger partial charge < -0.3 is 14.6 Å². The third kappa shape index (κ3) is 6.86. The van der Waals surface area contributed by atoms with E-state index in [1.165, 1.54) is 11.1 Å². The number of nitrogens with zero attached hydrogens (tertiary/aromatic N) is 1. The van der Waals surface area contributed by atoms with Crippen molar-refractivity contribution >= 4 is 0 Å². The normalized spacial score (nSPS) is 12.4. The molecule has 2 aromatic carbocycles. The van der Waals surface area contributed by atoms with Crippen molar-refractivity contribution in [2.75, 3.05) is 33.4 Å². The van der Waals surface area contributed by atoms with Crippen molar-refractivity contribution in [3.8, 4) is 5.75 Å². The van der Waals surface area contributed by atoms with Crippen LogP contribution in [0.4, 0.5) is 0 Å². The second kappa shape index (κ2) is 10.2.